The van der Waals surface area contributed by atoms with Crippen molar-refractivity contribution >= 4 is 11.0 Å². The molecule has 19 heavy (non-hydrogen) atoms. The molecule has 0 fully saturated rings. The maximum absolute atomic E-state index is 11.6. The Balaban J connectivity index is 2.45. The first-order valence-electron chi connectivity index (χ1n) is 6.35. The van der Waals surface area contributed by atoms with E-state index < -0.39 is 0 Å². The van der Waals surface area contributed by atoms with Crippen molar-refractivity contribution in [1.29, 1.82) is 0 Å². The van der Waals surface area contributed by atoms with E-state index in [1.54, 1.807) is 0 Å². The molecule has 0 aliphatic heterocycles. The predicted octanol–water partition coefficient (Wildman–Crippen LogP) is 1.91. The molecule has 4 heteroatoms. The number of aryl methyl sites for hydroxylation is 1. The van der Waals surface area contributed by atoms with Crippen molar-refractivity contribution in [2.24, 2.45) is 0 Å². The zero-order chi connectivity index (χ0) is 14.0. The monoisotopic (exact) mass is 261 g/mol. The molecule has 0 spiro atoms. The third kappa shape index (κ3) is 3.03. The minimum Gasteiger partial charge on any atom is -0.423 e. The lowest BCUT2D eigenvalue weighted by Gasteiger charge is -2.23. The maximum Gasteiger partial charge on any atom is 0.336 e. The molecule has 0 bridgehead atoms. The van der Waals surface area contributed by atoms with E-state index in [9.17, 15) is 4.79 Å². The van der Waals surface area contributed by atoms with Gasteiger partial charge in [-0.15, -0.1) is 0 Å². The number of hydrogen-bond donors (Lipinski definition) is 1. The minimum atomic E-state index is -0.335. The number of hydrogen-bond acceptors (Lipinski definition) is 4. The zero-order valence-corrected chi connectivity index (χ0v) is 11.5. The predicted molar refractivity (Wildman–Crippen MR) is 75.2 cm³/mol. The summed E-state index contributed by atoms with van der Waals surface area (Å²) in [5.41, 5.74) is 2.27. The number of benzene rings is 1. The van der Waals surface area contributed by atoms with Crippen LogP contribution in [0.25, 0.3) is 11.0 Å². The molecule has 2 aromatic rings. The SMILES string of the molecule is Cc1ccc2c(CN(C)C(C)CO)cc(=O)oc2c1. The van der Waals surface area contributed by atoms with Crippen molar-refractivity contribution in [1.82, 2.24) is 4.90 Å². The van der Waals surface area contributed by atoms with Crippen molar-refractivity contribution in [3.05, 3.63) is 45.8 Å². The quantitative estimate of drug-likeness (QED) is 0.854. The van der Waals surface area contributed by atoms with Gasteiger partial charge in [-0.25, -0.2) is 4.79 Å². The average molecular weight is 261 g/mol. The Morgan fingerprint density at radius 2 is 2.11 bits per heavy atom. The molecule has 1 unspecified atom stereocenters. The van der Waals surface area contributed by atoms with Gasteiger partial charge in [0.15, 0.2) is 0 Å². The molecule has 2 rings (SSSR count). The van der Waals surface area contributed by atoms with Crippen LogP contribution in [0.5, 0.6) is 0 Å². The Morgan fingerprint density at radius 1 is 1.37 bits per heavy atom. The van der Waals surface area contributed by atoms with E-state index in [4.69, 9.17) is 9.52 Å². The van der Waals surface area contributed by atoms with Crippen molar-refractivity contribution in [3.8, 4) is 0 Å². The zero-order valence-electron chi connectivity index (χ0n) is 11.5. The Morgan fingerprint density at radius 3 is 2.79 bits per heavy atom. The van der Waals surface area contributed by atoms with Crippen LogP contribution in [-0.2, 0) is 6.54 Å². The van der Waals surface area contributed by atoms with Gasteiger partial charge in [0.25, 0.3) is 0 Å². The van der Waals surface area contributed by atoms with Crippen LogP contribution in [-0.4, -0.2) is 29.7 Å². The van der Waals surface area contributed by atoms with E-state index in [-0.39, 0.29) is 18.3 Å². The van der Waals surface area contributed by atoms with Crippen LogP contribution in [0.15, 0.2) is 33.5 Å². The second-order valence-electron chi connectivity index (χ2n) is 5.04. The smallest absolute Gasteiger partial charge is 0.336 e. The molecule has 0 aliphatic rings. The minimum absolute atomic E-state index is 0.0488. The van der Waals surface area contributed by atoms with Crippen LogP contribution in [0, 0.1) is 6.92 Å². The summed E-state index contributed by atoms with van der Waals surface area (Å²) in [6.07, 6.45) is 0. The molecular weight excluding hydrogens is 242 g/mol. The van der Waals surface area contributed by atoms with Gasteiger partial charge in [0.2, 0.25) is 0 Å². The molecule has 0 radical (unpaired) electrons. The summed E-state index contributed by atoms with van der Waals surface area (Å²) >= 11 is 0. The van der Waals surface area contributed by atoms with Gasteiger partial charge in [-0.2, -0.15) is 0 Å². The van der Waals surface area contributed by atoms with Crippen LogP contribution in [0.3, 0.4) is 0 Å². The summed E-state index contributed by atoms with van der Waals surface area (Å²) in [6, 6.07) is 7.42. The first-order valence-corrected chi connectivity index (χ1v) is 6.35. The second-order valence-corrected chi connectivity index (χ2v) is 5.04. The Labute approximate surface area is 112 Å². The van der Waals surface area contributed by atoms with E-state index in [0.29, 0.717) is 12.1 Å². The molecule has 1 aromatic heterocycles. The van der Waals surface area contributed by atoms with Gasteiger partial charge in [0.05, 0.1) is 6.61 Å². The van der Waals surface area contributed by atoms with E-state index in [0.717, 1.165) is 16.5 Å². The molecule has 1 N–H and O–H groups in total. The highest BCUT2D eigenvalue weighted by Gasteiger charge is 2.12. The number of rotatable bonds is 4. The Bertz CT molecular complexity index is 633. The fraction of sp³-hybridized carbons (Fsp3) is 0.400. The van der Waals surface area contributed by atoms with Gasteiger partial charge in [0.1, 0.15) is 5.58 Å². The fourth-order valence-corrected chi connectivity index (χ4v) is 2.03. The first kappa shape index (κ1) is 13.8. The lowest BCUT2D eigenvalue weighted by Crippen LogP contribution is -2.31. The van der Waals surface area contributed by atoms with Crippen LogP contribution >= 0.6 is 0 Å². The van der Waals surface area contributed by atoms with Crippen molar-refractivity contribution < 1.29 is 9.52 Å². The van der Waals surface area contributed by atoms with E-state index >= 15 is 0 Å². The van der Waals surface area contributed by atoms with Gasteiger partial charge in [-0.1, -0.05) is 12.1 Å². The lowest BCUT2D eigenvalue weighted by molar-refractivity contribution is 0.154. The van der Waals surface area contributed by atoms with Gasteiger partial charge < -0.3 is 9.52 Å². The second kappa shape index (κ2) is 5.55. The highest BCUT2D eigenvalue weighted by molar-refractivity contribution is 5.80. The number of likely N-dealkylation sites (N-methyl/N-ethyl adjacent to an activating group) is 1. The summed E-state index contributed by atoms with van der Waals surface area (Å²) in [7, 11) is 1.93. The highest BCUT2D eigenvalue weighted by Crippen LogP contribution is 2.20. The number of nitrogens with zero attached hydrogens (tertiary/aromatic N) is 1. The molecule has 102 valence electrons. The molecule has 0 amide bonds. The fourth-order valence-electron chi connectivity index (χ4n) is 2.03. The Hall–Kier alpha value is -1.65. The van der Waals surface area contributed by atoms with E-state index in [1.165, 1.54) is 6.07 Å². The topological polar surface area (TPSA) is 53.7 Å². The molecular formula is C15H19NO3. The van der Waals surface area contributed by atoms with Crippen LogP contribution in [0.2, 0.25) is 0 Å². The van der Waals surface area contributed by atoms with Gasteiger partial charge in [-0.05, 0) is 38.1 Å². The third-order valence-electron chi connectivity index (χ3n) is 3.42. The van der Waals surface area contributed by atoms with Crippen LogP contribution in [0.4, 0.5) is 0 Å². The highest BCUT2D eigenvalue weighted by atomic mass is 16.4. The summed E-state index contributed by atoms with van der Waals surface area (Å²) in [6.45, 7) is 4.60. The molecule has 1 heterocycles. The molecule has 0 saturated carbocycles. The molecule has 1 aromatic carbocycles. The van der Waals surface area contributed by atoms with Crippen LogP contribution in [0.1, 0.15) is 18.1 Å². The standard InChI is InChI=1S/C15H19NO3/c1-10-4-5-13-12(8-16(3)11(2)9-17)7-15(18)19-14(13)6-10/h4-7,11,17H,8-9H2,1-3H3. The van der Waals surface area contributed by atoms with Crippen molar-refractivity contribution in [2.75, 3.05) is 13.7 Å². The van der Waals surface area contributed by atoms with E-state index in [1.807, 2.05) is 44.0 Å². The average Bonchev–Trinajstić information content (AvgIpc) is 2.36. The number of fused-ring (bicyclic) bond motifs is 1. The van der Waals surface area contributed by atoms with Crippen LogP contribution < -0.4 is 5.63 Å². The first-order chi connectivity index (χ1) is 9.01. The summed E-state index contributed by atoms with van der Waals surface area (Å²) in [5, 5.41) is 10.1. The van der Waals surface area contributed by atoms with Gasteiger partial charge >= 0.3 is 5.63 Å². The largest absolute Gasteiger partial charge is 0.423 e. The maximum atomic E-state index is 11.6. The Kier molecular flexibility index (Phi) is 4.02. The number of aliphatic hydroxyl groups is 1. The molecule has 4 nitrogen and oxygen atoms in total. The van der Waals surface area contributed by atoms with Gasteiger partial charge in [-0.3, -0.25) is 4.90 Å². The van der Waals surface area contributed by atoms with Gasteiger partial charge in [0, 0.05) is 24.0 Å². The third-order valence-corrected chi connectivity index (χ3v) is 3.42. The molecule has 0 saturated heterocycles. The number of aliphatic hydroxyl groups excluding tert-OH is 1. The van der Waals surface area contributed by atoms with Crippen molar-refractivity contribution in [3.63, 3.8) is 0 Å². The summed E-state index contributed by atoms with van der Waals surface area (Å²) in [5.74, 6) is 0. The normalized spacial score (nSPS) is 13.1. The molecule has 0 aliphatic carbocycles. The van der Waals surface area contributed by atoms with E-state index in [2.05, 4.69) is 0 Å². The molecule has 1 atom stereocenters. The lowest BCUT2D eigenvalue weighted by atomic mass is 10.1. The summed E-state index contributed by atoms with van der Waals surface area (Å²) < 4.78 is 5.23. The van der Waals surface area contributed by atoms with Crippen molar-refractivity contribution in [2.45, 2.75) is 26.4 Å². The summed E-state index contributed by atoms with van der Waals surface area (Å²) in [4.78, 5) is 13.6.